The van der Waals surface area contributed by atoms with Gasteiger partial charge in [-0.3, -0.25) is 43.6 Å². The third-order valence-corrected chi connectivity index (χ3v) is 17.6. The van der Waals surface area contributed by atoms with E-state index in [1.165, 1.54) is 31.5 Å². The number of nitrogens with zero attached hydrogens (tertiary/aromatic N) is 9. The second-order valence-corrected chi connectivity index (χ2v) is 23.3. The van der Waals surface area contributed by atoms with E-state index in [4.69, 9.17) is 4.74 Å². The molecule has 9 rings (SSSR count). The number of anilines is 5. The third kappa shape index (κ3) is 14.0. The van der Waals surface area contributed by atoms with E-state index in [-0.39, 0.29) is 84.4 Å². The van der Waals surface area contributed by atoms with E-state index in [2.05, 4.69) is 70.4 Å². The van der Waals surface area contributed by atoms with Crippen molar-refractivity contribution < 1.29 is 38.3 Å². The number of piperazine rings is 1. The van der Waals surface area contributed by atoms with Crippen molar-refractivity contribution in [3.63, 3.8) is 0 Å². The SMILES string of the molecule is CNC(=O)c1cnc(Nc2ccc(C(=O)CC[C@@H](CCNC(=O)CCC(C)(C)SSc3ccccn3)C(=O)N3CCN(c4cccc5c4CN(C4CCC(=O)NC4=O)C5=O)CC3)cn2)cc1Nc1cccc(-c2ncn(C)n2)c1OC. The monoisotopic (exact) mass is 1140 g/mol. The number of methoxy groups -OCH3 is 1. The van der Waals surface area contributed by atoms with Crippen molar-refractivity contribution in [3.8, 4) is 17.1 Å². The van der Waals surface area contributed by atoms with Gasteiger partial charge in [0.2, 0.25) is 23.6 Å². The van der Waals surface area contributed by atoms with E-state index >= 15 is 0 Å². The molecule has 0 aliphatic carbocycles. The summed E-state index contributed by atoms with van der Waals surface area (Å²) < 4.78 is 7.17. The standard InChI is InChI=1S/C57H64N14O8S2/c1-57(2,81-80-50-14-6-7-24-60-50)23-21-48(73)59-25-22-35(55(77)70-28-26-69(27-29-70)43-13-9-10-37-40(43)33-71(56(37)78)44-17-20-49(74)66-54(44)76)15-18-45(72)36-16-19-46(61-31-36)65-47-30-42(39(32-62-47)53(75)58-3)64-41-12-8-11-38(51(41)79-5)52-63-34-68(4)67-52/h6-14,16,19,24,30-32,34-35,44H,15,17-18,20-23,25-29,33H2,1-5H3,(H,58,75)(H,59,73)(H,66,74,76)(H2,61,62,64,65)/t35-,44?/m0/s1. The van der Waals surface area contributed by atoms with Gasteiger partial charge in [-0.1, -0.05) is 29.0 Å². The summed E-state index contributed by atoms with van der Waals surface area (Å²) in [5.41, 5.74) is 4.41. The average molecular weight is 1140 g/mol. The Bertz CT molecular complexity index is 3320. The second kappa shape index (κ2) is 25.8. The Hall–Kier alpha value is -8.38. The fourth-order valence-electron chi connectivity index (χ4n) is 9.96. The number of hydrogen-bond acceptors (Lipinski definition) is 18. The number of aryl methyl sites for hydroxylation is 1. The van der Waals surface area contributed by atoms with Gasteiger partial charge in [-0.05, 0) is 98.9 Å². The lowest BCUT2D eigenvalue weighted by molar-refractivity contribution is -0.137. The average Bonchev–Trinajstić information content (AvgIpc) is 4.25. The van der Waals surface area contributed by atoms with Gasteiger partial charge < -0.3 is 40.7 Å². The Labute approximate surface area is 476 Å². The van der Waals surface area contributed by atoms with Gasteiger partial charge >= 0.3 is 0 Å². The summed E-state index contributed by atoms with van der Waals surface area (Å²) in [5, 5.41) is 19.8. The van der Waals surface area contributed by atoms with Crippen LogP contribution in [0.4, 0.5) is 28.7 Å². The first-order valence-electron chi connectivity index (χ1n) is 26.7. The summed E-state index contributed by atoms with van der Waals surface area (Å²) >= 11 is 0. The van der Waals surface area contributed by atoms with Crippen molar-refractivity contribution in [2.45, 2.75) is 81.2 Å². The molecule has 6 amide bonds. The Kier molecular flexibility index (Phi) is 18.3. The number of aromatic nitrogens is 6. The highest BCUT2D eigenvalue weighted by atomic mass is 33.1. The number of fused-ring (bicyclic) bond motifs is 1. The van der Waals surface area contributed by atoms with E-state index < -0.39 is 17.9 Å². The minimum Gasteiger partial charge on any atom is -0.494 e. The van der Waals surface area contributed by atoms with Crippen molar-refractivity contribution in [3.05, 3.63) is 120 Å². The zero-order chi connectivity index (χ0) is 57.2. The first-order valence-corrected chi connectivity index (χ1v) is 28.8. The lowest BCUT2D eigenvalue weighted by atomic mass is 9.94. The summed E-state index contributed by atoms with van der Waals surface area (Å²) in [5.74, 6) is -0.807. The number of para-hydroxylation sites is 1. The van der Waals surface area contributed by atoms with Gasteiger partial charge in [-0.2, -0.15) is 5.10 Å². The largest absolute Gasteiger partial charge is 0.494 e. The van der Waals surface area contributed by atoms with E-state index in [1.54, 1.807) is 76.2 Å². The summed E-state index contributed by atoms with van der Waals surface area (Å²) in [6, 6.07) is 21.0. The van der Waals surface area contributed by atoms with Crippen LogP contribution in [0.5, 0.6) is 5.75 Å². The van der Waals surface area contributed by atoms with Crippen molar-refractivity contribution >= 4 is 91.5 Å². The van der Waals surface area contributed by atoms with Crippen LogP contribution in [0.3, 0.4) is 0 Å². The number of carbonyl (C=O) groups excluding carboxylic acids is 7. The number of rotatable bonds is 23. The molecule has 0 bridgehead atoms. The number of imide groups is 1. The zero-order valence-electron chi connectivity index (χ0n) is 45.7. The number of piperidine rings is 1. The number of carbonyl (C=O) groups is 7. The van der Waals surface area contributed by atoms with Crippen LogP contribution < -0.4 is 36.2 Å². The second-order valence-electron chi connectivity index (χ2n) is 20.4. The van der Waals surface area contributed by atoms with Crippen LogP contribution in [-0.4, -0.2) is 138 Å². The Balaban J connectivity index is 0.842. The summed E-state index contributed by atoms with van der Waals surface area (Å²) in [6.07, 6.45) is 8.18. The van der Waals surface area contributed by atoms with Gasteiger partial charge in [0.15, 0.2) is 17.4 Å². The molecule has 22 nitrogen and oxygen atoms in total. The zero-order valence-corrected chi connectivity index (χ0v) is 47.3. The molecule has 2 atom stereocenters. The van der Waals surface area contributed by atoms with Gasteiger partial charge in [0.1, 0.15) is 29.0 Å². The molecule has 81 heavy (non-hydrogen) atoms. The van der Waals surface area contributed by atoms with E-state index in [0.717, 1.165) is 16.3 Å². The van der Waals surface area contributed by atoms with Crippen LogP contribution in [0.15, 0.2) is 103 Å². The first-order chi connectivity index (χ1) is 39.1. The highest BCUT2D eigenvalue weighted by molar-refractivity contribution is 8.77. The normalized spacial score (nSPS) is 15.6. The number of hydrogen-bond donors (Lipinski definition) is 5. The number of ketones is 1. The smallest absolute Gasteiger partial charge is 0.255 e. The Morgan fingerprint density at radius 2 is 1.64 bits per heavy atom. The van der Waals surface area contributed by atoms with Gasteiger partial charge in [0, 0.05) is 130 Å². The number of benzene rings is 2. The Morgan fingerprint density at radius 3 is 2.36 bits per heavy atom. The van der Waals surface area contributed by atoms with Gasteiger partial charge in [0.25, 0.3) is 11.8 Å². The van der Waals surface area contributed by atoms with E-state index in [9.17, 15) is 33.6 Å². The molecule has 3 aliphatic heterocycles. The molecule has 3 aliphatic rings. The molecule has 2 fully saturated rings. The molecule has 0 radical (unpaired) electrons. The minimum atomic E-state index is -0.737. The molecule has 0 spiro atoms. The lowest BCUT2D eigenvalue weighted by Gasteiger charge is -2.38. The van der Waals surface area contributed by atoms with E-state index in [1.807, 2.05) is 47.4 Å². The first kappa shape index (κ1) is 57.3. The van der Waals surface area contributed by atoms with Crippen molar-refractivity contribution in [1.29, 1.82) is 0 Å². The fraction of sp³-hybridized carbons (Fsp3) is 0.368. The van der Waals surface area contributed by atoms with Crippen LogP contribution in [0, 0.1) is 5.92 Å². The number of amides is 6. The van der Waals surface area contributed by atoms with E-state index in [0.29, 0.717) is 96.7 Å². The predicted octanol–water partition coefficient (Wildman–Crippen LogP) is 6.72. The highest BCUT2D eigenvalue weighted by Gasteiger charge is 2.41. The molecular formula is C57H64N14O8S2. The quantitative estimate of drug-likeness (QED) is 0.0253. The molecule has 422 valence electrons. The molecule has 1 unspecified atom stereocenters. The van der Waals surface area contributed by atoms with Crippen molar-refractivity contribution in [2.75, 3.05) is 62.4 Å². The Morgan fingerprint density at radius 1 is 0.852 bits per heavy atom. The molecule has 7 heterocycles. The van der Waals surface area contributed by atoms with Crippen molar-refractivity contribution in [2.24, 2.45) is 13.0 Å². The van der Waals surface area contributed by atoms with Gasteiger partial charge in [-0.25, -0.2) is 19.9 Å². The third-order valence-electron chi connectivity index (χ3n) is 14.4. The maximum Gasteiger partial charge on any atom is 0.255 e. The molecule has 4 aromatic heterocycles. The predicted molar refractivity (Wildman–Crippen MR) is 308 cm³/mol. The maximum absolute atomic E-state index is 14.5. The maximum atomic E-state index is 14.5. The van der Waals surface area contributed by atoms with Crippen molar-refractivity contribution in [1.82, 2.24) is 55.5 Å². The summed E-state index contributed by atoms with van der Waals surface area (Å²) in [7, 11) is 8.07. The molecule has 0 saturated carbocycles. The fourth-order valence-corrected chi connectivity index (χ4v) is 12.2. The molecular weight excluding hydrogens is 1070 g/mol. The van der Waals surface area contributed by atoms with Gasteiger partial charge in [-0.15, -0.1) is 0 Å². The molecule has 2 aromatic carbocycles. The molecule has 2 saturated heterocycles. The highest BCUT2D eigenvalue weighted by Crippen LogP contribution is 2.43. The molecule has 5 N–H and O–H groups in total. The lowest BCUT2D eigenvalue weighted by Crippen LogP contribution is -2.52. The van der Waals surface area contributed by atoms with Gasteiger partial charge in [0.05, 0.1) is 29.6 Å². The molecule has 24 heteroatoms. The van der Waals surface area contributed by atoms with Crippen LogP contribution >= 0.6 is 21.6 Å². The van der Waals surface area contributed by atoms with Crippen LogP contribution in [0.1, 0.15) is 95.4 Å². The topological polar surface area (TPSA) is 268 Å². The number of nitrogens with one attached hydrogen (secondary N) is 5. The minimum absolute atomic E-state index is 0.0462. The van der Waals surface area contributed by atoms with Crippen LogP contribution in [-0.2, 0) is 32.8 Å². The van der Waals surface area contributed by atoms with Crippen LogP contribution in [0.25, 0.3) is 11.4 Å². The number of pyridine rings is 3. The van der Waals surface area contributed by atoms with Crippen LogP contribution in [0.2, 0.25) is 0 Å². The number of ether oxygens (including phenoxy) is 1. The summed E-state index contributed by atoms with van der Waals surface area (Å²) in [6.45, 7) is 6.39. The molecule has 6 aromatic rings. The summed E-state index contributed by atoms with van der Waals surface area (Å²) in [4.78, 5) is 116. The number of Topliss-reactive ketones (excluding diaryl/α,β-unsaturated/α-hetero) is 1.